The number of phenols is 1. The quantitative estimate of drug-likeness (QED) is 0.576. The third-order valence-electron chi connectivity index (χ3n) is 2.97. The minimum Gasteiger partial charge on any atom is -0.507 e. The van der Waals surface area contributed by atoms with Crippen molar-refractivity contribution in [1.82, 2.24) is 15.2 Å². The fourth-order valence-electron chi connectivity index (χ4n) is 1.68. The van der Waals surface area contributed by atoms with Crippen LogP contribution in [0.1, 0.15) is 25.7 Å². The van der Waals surface area contributed by atoms with Gasteiger partial charge in [0.1, 0.15) is 11.6 Å². The van der Waals surface area contributed by atoms with E-state index in [9.17, 15) is 15.2 Å². The minimum atomic E-state index is -0.545. The first-order valence-electron chi connectivity index (χ1n) is 6.05. The van der Waals surface area contributed by atoms with Crippen LogP contribution in [0.25, 0.3) is 11.4 Å². The van der Waals surface area contributed by atoms with E-state index in [1.54, 1.807) is 0 Å². The van der Waals surface area contributed by atoms with Gasteiger partial charge in [-0.25, -0.2) is 4.98 Å². The second-order valence-electron chi connectivity index (χ2n) is 4.77. The monoisotopic (exact) mass is 277 g/mol. The lowest BCUT2D eigenvalue weighted by molar-refractivity contribution is -0.384. The molecule has 1 atom stereocenters. The average molecular weight is 277 g/mol. The second kappa shape index (κ2) is 5.25. The van der Waals surface area contributed by atoms with Crippen LogP contribution in [0.15, 0.2) is 18.2 Å². The van der Waals surface area contributed by atoms with Crippen LogP contribution in [0.5, 0.6) is 5.75 Å². The molecule has 1 aromatic carbocycles. The predicted molar refractivity (Wildman–Crippen MR) is 71.9 cm³/mol. The molecule has 2 rings (SSSR count). The van der Waals surface area contributed by atoms with Crippen LogP contribution in [0.2, 0.25) is 0 Å². The highest BCUT2D eigenvalue weighted by atomic mass is 16.6. The van der Waals surface area contributed by atoms with E-state index in [2.05, 4.69) is 15.2 Å². The molecular formula is C12H15N5O3. The largest absolute Gasteiger partial charge is 0.507 e. The number of hydrogen-bond acceptors (Lipinski definition) is 6. The Balaban J connectivity index is 2.42. The van der Waals surface area contributed by atoms with Gasteiger partial charge in [0.2, 0.25) is 0 Å². The Morgan fingerprint density at radius 1 is 1.45 bits per heavy atom. The standard InChI is InChI=1S/C12H15N5O3/c1-6(2)10(13)12-14-11(15-16-12)8-5-7(17(19)20)3-4-9(8)18/h3-6,10,18H,13H2,1-2H3,(H,14,15,16)/t10-/m0/s1. The Kier molecular flexibility index (Phi) is 3.66. The Labute approximate surface area is 114 Å². The number of phenolic OH excluding ortho intramolecular Hbond substituents is 1. The summed E-state index contributed by atoms with van der Waals surface area (Å²) in [6, 6.07) is 3.36. The zero-order chi connectivity index (χ0) is 14.9. The molecule has 106 valence electrons. The van der Waals surface area contributed by atoms with Gasteiger partial charge in [-0.3, -0.25) is 15.2 Å². The van der Waals surface area contributed by atoms with Gasteiger partial charge in [0.15, 0.2) is 5.82 Å². The zero-order valence-corrected chi connectivity index (χ0v) is 11.1. The number of nitrogens with two attached hydrogens (primary N) is 1. The molecule has 0 saturated carbocycles. The molecular weight excluding hydrogens is 262 g/mol. The summed E-state index contributed by atoms with van der Waals surface area (Å²) in [5.74, 6) is 0.687. The van der Waals surface area contributed by atoms with Crippen LogP contribution in [-0.4, -0.2) is 25.2 Å². The van der Waals surface area contributed by atoms with E-state index in [0.717, 1.165) is 0 Å². The molecule has 2 aromatic rings. The van der Waals surface area contributed by atoms with Crippen LogP contribution >= 0.6 is 0 Å². The SMILES string of the molecule is CC(C)[C@H](N)c1nc(-c2cc([N+](=O)[O-])ccc2O)n[nH]1. The fraction of sp³-hybridized carbons (Fsp3) is 0.333. The van der Waals surface area contributed by atoms with Gasteiger partial charge in [-0.1, -0.05) is 13.8 Å². The maximum Gasteiger partial charge on any atom is 0.270 e. The van der Waals surface area contributed by atoms with Crippen LogP contribution in [-0.2, 0) is 0 Å². The molecule has 4 N–H and O–H groups in total. The summed E-state index contributed by atoms with van der Waals surface area (Å²) in [6.07, 6.45) is 0. The number of H-pyrrole nitrogens is 1. The van der Waals surface area contributed by atoms with Gasteiger partial charge in [0.05, 0.1) is 16.5 Å². The van der Waals surface area contributed by atoms with E-state index < -0.39 is 4.92 Å². The minimum absolute atomic E-state index is 0.126. The first kappa shape index (κ1) is 13.9. The Hall–Kier alpha value is -2.48. The molecule has 0 aliphatic carbocycles. The number of nitro benzene ring substituents is 1. The molecule has 0 bridgehead atoms. The average Bonchev–Trinajstić information content (AvgIpc) is 2.87. The number of aromatic hydroxyl groups is 1. The van der Waals surface area contributed by atoms with Crippen molar-refractivity contribution in [2.75, 3.05) is 0 Å². The van der Waals surface area contributed by atoms with Crippen molar-refractivity contribution in [3.05, 3.63) is 34.1 Å². The van der Waals surface area contributed by atoms with E-state index in [-0.39, 0.29) is 34.8 Å². The first-order chi connectivity index (χ1) is 9.40. The molecule has 0 aliphatic heterocycles. The van der Waals surface area contributed by atoms with E-state index in [4.69, 9.17) is 5.73 Å². The zero-order valence-electron chi connectivity index (χ0n) is 11.1. The molecule has 8 heteroatoms. The van der Waals surface area contributed by atoms with E-state index in [1.807, 2.05) is 13.8 Å². The highest BCUT2D eigenvalue weighted by Gasteiger charge is 2.19. The van der Waals surface area contributed by atoms with Crippen LogP contribution < -0.4 is 5.73 Å². The number of aromatic nitrogens is 3. The summed E-state index contributed by atoms with van der Waals surface area (Å²) in [4.78, 5) is 14.4. The lowest BCUT2D eigenvalue weighted by Crippen LogP contribution is -2.18. The van der Waals surface area contributed by atoms with E-state index in [1.165, 1.54) is 18.2 Å². The molecule has 0 radical (unpaired) electrons. The van der Waals surface area contributed by atoms with Gasteiger partial charge in [0.25, 0.3) is 5.69 Å². The van der Waals surface area contributed by atoms with Crippen LogP contribution in [0.3, 0.4) is 0 Å². The molecule has 0 amide bonds. The maximum absolute atomic E-state index is 10.8. The van der Waals surface area contributed by atoms with Crippen molar-refractivity contribution in [2.24, 2.45) is 11.7 Å². The molecule has 1 aromatic heterocycles. The third-order valence-corrected chi connectivity index (χ3v) is 2.97. The lowest BCUT2D eigenvalue weighted by Gasteiger charge is -2.11. The summed E-state index contributed by atoms with van der Waals surface area (Å²) in [5.41, 5.74) is 5.99. The molecule has 8 nitrogen and oxygen atoms in total. The third kappa shape index (κ3) is 2.59. The maximum atomic E-state index is 10.8. The predicted octanol–water partition coefficient (Wildman–Crippen LogP) is 1.74. The van der Waals surface area contributed by atoms with Gasteiger partial charge < -0.3 is 10.8 Å². The number of nitro groups is 1. The topological polar surface area (TPSA) is 131 Å². The van der Waals surface area contributed by atoms with Crippen LogP contribution in [0.4, 0.5) is 5.69 Å². The molecule has 1 heterocycles. The van der Waals surface area contributed by atoms with Gasteiger partial charge in [0, 0.05) is 12.1 Å². The molecule has 20 heavy (non-hydrogen) atoms. The van der Waals surface area contributed by atoms with Gasteiger partial charge in [-0.2, -0.15) is 5.10 Å². The Bertz CT molecular complexity index is 638. The van der Waals surface area contributed by atoms with Crippen molar-refractivity contribution >= 4 is 5.69 Å². The highest BCUT2D eigenvalue weighted by molar-refractivity contribution is 5.66. The van der Waals surface area contributed by atoms with Crippen molar-refractivity contribution < 1.29 is 10.0 Å². The number of nitrogens with zero attached hydrogens (tertiary/aromatic N) is 3. The van der Waals surface area contributed by atoms with Crippen molar-refractivity contribution in [2.45, 2.75) is 19.9 Å². The number of hydrogen-bond donors (Lipinski definition) is 3. The fourth-order valence-corrected chi connectivity index (χ4v) is 1.68. The summed E-state index contributed by atoms with van der Waals surface area (Å²) >= 11 is 0. The number of rotatable bonds is 4. The number of benzene rings is 1. The number of aromatic amines is 1. The van der Waals surface area contributed by atoms with Gasteiger partial charge >= 0.3 is 0 Å². The summed E-state index contributed by atoms with van der Waals surface area (Å²) in [7, 11) is 0. The summed E-state index contributed by atoms with van der Waals surface area (Å²) < 4.78 is 0. The molecule has 0 aliphatic rings. The van der Waals surface area contributed by atoms with Gasteiger partial charge in [-0.05, 0) is 12.0 Å². The summed E-state index contributed by atoms with van der Waals surface area (Å²) in [5, 5.41) is 27.2. The molecule has 0 spiro atoms. The smallest absolute Gasteiger partial charge is 0.270 e. The number of non-ortho nitro benzene ring substituents is 1. The molecule has 0 unspecified atom stereocenters. The lowest BCUT2D eigenvalue weighted by atomic mass is 10.1. The van der Waals surface area contributed by atoms with Gasteiger partial charge in [-0.15, -0.1) is 0 Å². The van der Waals surface area contributed by atoms with E-state index >= 15 is 0 Å². The van der Waals surface area contributed by atoms with Crippen molar-refractivity contribution in [1.29, 1.82) is 0 Å². The Morgan fingerprint density at radius 2 is 2.15 bits per heavy atom. The number of nitrogens with one attached hydrogen (secondary N) is 1. The highest BCUT2D eigenvalue weighted by Crippen LogP contribution is 2.30. The first-order valence-corrected chi connectivity index (χ1v) is 6.05. The van der Waals surface area contributed by atoms with Crippen LogP contribution in [0, 0.1) is 16.0 Å². The molecule has 0 saturated heterocycles. The molecule has 0 fully saturated rings. The Morgan fingerprint density at radius 3 is 2.75 bits per heavy atom. The van der Waals surface area contributed by atoms with Crippen molar-refractivity contribution in [3.8, 4) is 17.1 Å². The summed E-state index contributed by atoms with van der Waals surface area (Å²) in [6.45, 7) is 3.88. The van der Waals surface area contributed by atoms with E-state index in [0.29, 0.717) is 5.82 Å². The second-order valence-corrected chi connectivity index (χ2v) is 4.77. The van der Waals surface area contributed by atoms with Crippen molar-refractivity contribution in [3.63, 3.8) is 0 Å². The normalized spacial score (nSPS) is 12.6.